The second-order valence-electron chi connectivity index (χ2n) is 6.35. The first-order chi connectivity index (χ1) is 12.3. The van der Waals surface area contributed by atoms with E-state index < -0.39 is 0 Å². The van der Waals surface area contributed by atoms with Crippen molar-refractivity contribution in [2.45, 2.75) is 34.6 Å². The van der Waals surface area contributed by atoms with Crippen molar-refractivity contribution < 1.29 is 13.9 Å². The van der Waals surface area contributed by atoms with E-state index in [0.29, 0.717) is 5.13 Å². The van der Waals surface area contributed by atoms with Gasteiger partial charge >= 0.3 is 0 Å². The first kappa shape index (κ1) is 18.2. The predicted octanol–water partition coefficient (Wildman–Crippen LogP) is 5.17. The number of allylic oxidation sites excluding steroid dienone is 1. The molecule has 5 nitrogen and oxygen atoms in total. The van der Waals surface area contributed by atoms with E-state index in [1.807, 2.05) is 46.1 Å². The lowest BCUT2D eigenvalue weighted by Gasteiger charge is -2.13. The number of furan rings is 1. The zero-order valence-electron chi connectivity index (χ0n) is 15.8. The average Bonchev–Trinajstić information content (AvgIpc) is 3.11. The highest BCUT2D eigenvalue weighted by molar-refractivity contribution is 7.13. The monoisotopic (exact) mass is 370 g/mol. The van der Waals surface area contributed by atoms with Crippen LogP contribution in [0.2, 0.25) is 0 Å². The average molecular weight is 370 g/mol. The zero-order valence-corrected chi connectivity index (χ0v) is 16.6. The second-order valence-corrected chi connectivity index (χ2v) is 7.21. The van der Waals surface area contributed by atoms with Crippen LogP contribution in [0.3, 0.4) is 0 Å². The molecule has 0 unspecified atom stereocenters. The molecule has 0 saturated carbocycles. The Morgan fingerprint density at radius 2 is 2.00 bits per heavy atom. The van der Waals surface area contributed by atoms with Gasteiger partial charge in [0.25, 0.3) is 0 Å². The summed E-state index contributed by atoms with van der Waals surface area (Å²) in [5, 5.41) is 6.34. The van der Waals surface area contributed by atoms with Crippen LogP contribution in [0.25, 0.3) is 16.5 Å². The summed E-state index contributed by atoms with van der Waals surface area (Å²) in [6.07, 6.45) is 1.57. The molecule has 0 aliphatic rings. The van der Waals surface area contributed by atoms with Crippen molar-refractivity contribution in [3.8, 4) is 5.75 Å². The van der Waals surface area contributed by atoms with Crippen molar-refractivity contribution in [1.29, 1.82) is 0 Å². The molecule has 1 amide bonds. The predicted molar refractivity (Wildman–Crippen MR) is 106 cm³/mol. The van der Waals surface area contributed by atoms with Gasteiger partial charge in [-0.1, -0.05) is 0 Å². The van der Waals surface area contributed by atoms with E-state index in [-0.39, 0.29) is 5.91 Å². The van der Waals surface area contributed by atoms with E-state index in [9.17, 15) is 4.79 Å². The molecule has 0 radical (unpaired) electrons. The number of nitrogens with one attached hydrogen (secondary N) is 1. The van der Waals surface area contributed by atoms with Gasteiger partial charge in [-0.05, 0) is 51.8 Å². The number of amides is 1. The Bertz CT molecular complexity index is 1030. The fraction of sp³-hybridized carbons (Fsp3) is 0.300. The Balaban J connectivity index is 2.02. The van der Waals surface area contributed by atoms with Gasteiger partial charge in [0.2, 0.25) is 5.91 Å². The Morgan fingerprint density at radius 1 is 1.27 bits per heavy atom. The number of methoxy groups -OCH3 is 1. The maximum Gasteiger partial charge on any atom is 0.250 e. The summed E-state index contributed by atoms with van der Waals surface area (Å²) in [6.45, 7) is 9.75. The lowest BCUT2D eigenvalue weighted by molar-refractivity contribution is -0.111. The van der Waals surface area contributed by atoms with Crippen molar-refractivity contribution in [2.75, 3.05) is 12.4 Å². The fourth-order valence-electron chi connectivity index (χ4n) is 3.00. The summed E-state index contributed by atoms with van der Waals surface area (Å²) in [6, 6.07) is 2.03. The molecule has 0 aliphatic heterocycles. The summed E-state index contributed by atoms with van der Waals surface area (Å²) in [5.41, 5.74) is 5.45. The van der Waals surface area contributed by atoms with Gasteiger partial charge in [-0.2, -0.15) is 0 Å². The third kappa shape index (κ3) is 3.24. The molecule has 1 N–H and O–H groups in total. The van der Waals surface area contributed by atoms with Crippen LogP contribution in [0.1, 0.15) is 35.1 Å². The largest absolute Gasteiger partial charge is 0.496 e. The molecule has 3 rings (SSSR count). The van der Waals surface area contributed by atoms with Crippen LogP contribution in [0.15, 0.2) is 21.9 Å². The van der Waals surface area contributed by atoms with Crippen LogP contribution < -0.4 is 10.1 Å². The molecular formula is C20H22N2O3S. The Hall–Kier alpha value is -2.60. The molecule has 2 heterocycles. The summed E-state index contributed by atoms with van der Waals surface area (Å²) in [7, 11) is 1.63. The molecule has 136 valence electrons. The molecule has 6 heteroatoms. The van der Waals surface area contributed by atoms with Gasteiger partial charge in [-0.3, -0.25) is 10.1 Å². The van der Waals surface area contributed by atoms with Crippen molar-refractivity contribution >= 4 is 38.9 Å². The standard InChI is InChI=1S/C20H22N2O3S/c1-10(7-17(23)22-20-21-11(2)9-26-20)15-8-16-12(3)14(5)25-19(16)13(4)18(15)24-6/h7-9H,1-6H3,(H,21,22,23)/b10-7+. The smallest absolute Gasteiger partial charge is 0.250 e. The van der Waals surface area contributed by atoms with Gasteiger partial charge in [0.1, 0.15) is 17.1 Å². The van der Waals surface area contributed by atoms with E-state index in [1.165, 1.54) is 11.3 Å². The van der Waals surface area contributed by atoms with Crippen LogP contribution >= 0.6 is 11.3 Å². The summed E-state index contributed by atoms with van der Waals surface area (Å²) < 4.78 is 11.5. The number of nitrogens with zero attached hydrogens (tertiary/aromatic N) is 1. The molecule has 0 atom stereocenters. The molecule has 1 aromatic carbocycles. The molecule has 3 aromatic rings. The number of rotatable bonds is 4. The van der Waals surface area contributed by atoms with Gasteiger partial charge in [0, 0.05) is 28.0 Å². The summed E-state index contributed by atoms with van der Waals surface area (Å²) in [4.78, 5) is 16.6. The van der Waals surface area contributed by atoms with Crippen molar-refractivity contribution in [3.05, 3.63) is 45.7 Å². The number of benzene rings is 1. The normalized spacial score (nSPS) is 11.8. The Kier molecular flexibility index (Phi) is 4.87. The first-order valence-electron chi connectivity index (χ1n) is 8.31. The summed E-state index contributed by atoms with van der Waals surface area (Å²) >= 11 is 1.41. The molecule has 0 aliphatic carbocycles. The van der Waals surface area contributed by atoms with Crippen LogP contribution in [0.5, 0.6) is 5.75 Å². The molecule has 26 heavy (non-hydrogen) atoms. The number of hydrogen-bond acceptors (Lipinski definition) is 5. The first-order valence-corrected chi connectivity index (χ1v) is 9.18. The van der Waals surface area contributed by atoms with E-state index in [0.717, 1.165) is 50.4 Å². The van der Waals surface area contributed by atoms with Crippen molar-refractivity contribution in [3.63, 3.8) is 0 Å². The number of thiazole rings is 1. The fourth-order valence-corrected chi connectivity index (χ4v) is 3.69. The number of anilines is 1. The molecule has 2 aromatic heterocycles. The zero-order chi connectivity index (χ0) is 19.0. The van der Waals surface area contributed by atoms with Crippen LogP contribution in [0.4, 0.5) is 5.13 Å². The minimum absolute atomic E-state index is 0.211. The lowest BCUT2D eigenvalue weighted by Crippen LogP contribution is -2.08. The molecule has 0 fully saturated rings. The number of carbonyl (C=O) groups is 1. The van der Waals surface area contributed by atoms with Gasteiger partial charge in [-0.25, -0.2) is 4.98 Å². The highest BCUT2D eigenvalue weighted by Gasteiger charge is 2.18. The summed E-state index contributed by atoms with van der Waals surface area (Å²) in [5.74, 6) is 1.40. The third-order valence-corrected chi connectivity index (χ3v) is 5.35. The van der Waals surface area contributed by atoms with Gasteiger partial charge < -0.3 is 9.15 Å². The second kappa shape index (κ2) is 6.96. The number of ether oxygens (including phenoxy) is 1. The highest BCUT2D eigenvalue weighted by Crippen LogP contribution is 2.38. The van der Waals surface area contributed by atoms with Crippen LogP contribution in [0, 0.1) is 27.7 Å². The number of hydrogen-bond donors (Lipinski definition) is 1. The van der Waals surface area contributed by atoms with E-state index in [2.05, 4.69) is 10.3 Å². The molecule has 0 saturated heterocycles. The molecule has 0 bridgehead atoms. The van der Waals surface area contributed by atoms with E-state index in [4.69, 9.17) is 9.15 Å². The lowest BCUT2D eigenvalue weighted by atomic mass is 9.98. The highest BCUT2D eigenvalue weighted by atomic mass is 32.1. The number of carbonyl (C=O) groups excluding carboxylic acids is 1. The quantitative estimate of drug-likeness (QED) is 0.643. The molecular weight excluding hydrogens is 348 g/mol. The van der Waals surface area contributed by atoms with Crippen LogP contribution in [-0.4, -0.2) is 18.0 Å². The van der Waals surface area contributed by atoms with Gasteiger partial charge in [0.05, 0.1) is 12.8 Å². The van der Waals surface area contributed by atoms with Gasteiger partial charge in [-0.15, -0.1) is 11.3 Å². The minimum Gasteiger partial charge on any atom is -0.496 e. The van der Waals surface area contributed by atoms with Gasteiger partial charge in [0.15, 0.2) is 5.13 Å². The minimum atomic E-state index is -0.211. The Morgan fingerprint density at radius 3 is 2.62 bits per heavy atom. The van der Waals surface area contributed by atoms with Crippen molar-refractivity contribution in [2.24, 2.45) is 0 Å². The van der Waals surface area contributed by atoms with Crippen molar-refractivity contribution in [1.82, 2.24) is 4.98 Å². The SMILES string of the molecule is COc1c(/C(C)=C/C(=O)Nc2nc(C)cs2)cc2c(C)c(C)oc2c1C. The van der Waals surface area contributed by atoms with Crippen LogP contribution in [-0.2, 0) is 4.79 Å². The van der Waals surface area contributed by atoms with E-state index >= 15 is 0 Å². The topological polar surface area (TPSA) is 64.4 Å². The van der Waals surface area contributed by atoms with E-state index in [1.54, 1.807) is 13.2 Å². The maximum absolute atomic E-state index is 12.3. The Labute approximate surface area is 156 Å². The molecule has 0 spiro atoms. The number of aryl methyl sites for hydroxylation is 4. The maximum atomic E-state index is 12.3. The number of aromatic nitrogens is 1. The third-order valence-electron chi connectivity index (χ3n) is 4.47. The number of fused-ring (bicyclic) bond motifs is 1.